The molecule has 0 rings (SSSR count). The van der Waals surface area contributed by atoms with Crippen molar-refractivity contribution in [2.24, 2.45) is 0 Å². The Bertz CT molecular complexity index is 357. The van der Waals surface area contributed by atoms with Crippen LogP contribution >= 0.6 is 0 Å². The fourth-order valence-electron chi connectivity index (χ4n) is 1.43. The number of allylic oxidation sites excluding steroid dienone is 3. The van der Waals surface area contributed by atoms with Gasteiger partial charge in [0, 0.05) is 19.8 Å². The van der Waals surface area contributed by atoms with Crippen molar-refractivity contribution in [3.63, 3.8) is 0 Å². The van der Waals surface area contributed by atoms with Crippen LogP contribution in [0.25, 0.3) is 0 Å². The SMILES string of the molecule is COC(=O)CCC/C=C\C/C=C\CC(C=O)OC(C)=O. The van der Waals surface area contributed by atoms with Gasteiger partial charge >= 0.3 is 11.9 Å². The molecule has 0 radical (unpaired) electrons. The number of esters is 2. The topological polar surface area (TPSA) is 69.7 Å². The van der Waals surface area contributed by atoms with Gasteiger partial charge in [0.15, 0.2) is 12.4 Å². The molecule has 0 aromatic carbocycles. The molecule has 0 fully saturated rings. The van der Waals surface area contributed by atoms with Crippen LogP contribution in [0.2, 0.25) is 0 Å². The van der Waals surface area contributed by atoms with E-state index in [-0.39, 0.29) is 5.97 Å². The van der Waals surface area contributed by atoms with Crippen LogP contribution < -0.4 is 0 Å². The minimum Gasteiger partial charge on any atom is -0.469 e. The van der Waals surface area contributed by atoms with Crippen molar-refractivity contribution in [3.8, 4) is 0 Å². The molecular formula is C15H22O5. The lowest BCUT2D eigenvalue weighted by Gasteiger charge is -2.06. The van der Waals surface area contributed by atoms with E-state index in [0.717, 1.165) is 19.3 Å². The van der Waals surface area contributed by atoms with Crippen molar-refractivity contribution in [2.75, 3.05) is 7.11 Å². The summed E-state index contributed by atoms with van der Waals surface area (Å²) in [7, 11) is 1.38. The molecule has 0 saturated heterocycles. The largest absolute Gasteiger partial charge is 0.469 e. The van der Waals surface area contributed by atoms with E-state index in [9.17, 15) is 14.4 Å². The molecule has 1 unspecified atom stereocenters. The van der Waals surface area contributed by atoms with Gasteiger partial charge in [-0.25, -0.2) is 0 Å². The number of unbranched alkanes of at least 4 members (excludes halogenated alkanes) is 1. The molecule has 0 saturated carbocycles. The van der Waals surface area contributed by atoms with Crippen molar-refractivity contribution >= 4 is 18.2 Å². The van der Waals surface area contributed by atoms with Crippen LogP contribution in [0.15, 0.2) is 24.3 Å². The van der Waals surface area contributed by atoms with Gasteiger partial charge in [-0.3, -0.25) is 14.4 Å². The van der Waals surface area contributed by atoms with Crippen LogP contribution in [0.3, 0.4) is 0 Å². The molecule has 112 valence electrons. The van der Waals surface area contributed by atoms with Crippen molar-refractivity contribution in [1.29, 1.82) is 0 Å². The van der Waals surface area contributed by atoms with E-state index < -0.39 is 12.1 Å². The molecule has 5 nitrogen and oxygen atoms in total. The zero-order valence-corrected chi connectivity index (χ0v) is 12.0. The quantitative estimate of drug-likeness (QED) is 0.266. The fourth-order valence-corrected chi connectivity index (χ4v) is 1.43. The normalized spacial score (nSPS) is 12.5. The maximum absolute atomic E-state index is 10.8. The molecule has 0 heterocycles. The van der Waals surface area contributed by atoms with Gasteiger partial charge in [-0.15, -0.1) is 0 Å². The smallest absolute Gasteiger partial charge is 0.305 e. The summed E-state index contributed by atoms with van der Waals surface area (Å²) in [4.78, 5) is 32.1. The lowest BCUT2D eigenvalue weighted by Crippen LogP contribution is -2.16. The molecule has 0 aliphatic rings. The zero-order chi connectivity index (χ0) is 15.2. The summed E-state index contributed by atoms with van der Waals surface area (Å²) in [6, 6.07) is 0. The molecule has 1 atom stereocenters. The number of methoxy groups -OCH3 is 1. The van der Waals surface area contributed by atoms with Gasteiger partial charge in [0.1, 0.15) is 0 Å². The molecule has 0 amide bonds. The van der Waals surface area contributed by atoms with Crippen LogP contribution in [0.4, 0.5) is 0 Å². The van der Waals surface area contributed by atoms with E-state index in [2.05, 4.69) is 4.74 Å². The minimum atomic E-state index is -0.701. The van der Waals surface area contributed by atoms with Crippen molar-refractivity contribution in [2.45, 2.75) is 45.1 Å². The lowest BCUT2D eigenvalue weighted by atomic mass is 10.2. The zero-order valence-electron chi connectivity index (χ0n) is 12.0. The molecule has 5 heteroatoms. The Morgan fingerprint density at radius 3 is 2.45 bits per heavy atom. The number of hydrogen-bond acceptors (Lipinski definition) is 5. The Kier molecular flexibility index (Phi) is 11.0. The standard InChI is InChI=1S/C15H22O5/c1-13(17)20-14(12-16)10-8-6-4-3-5-7-9-11-15(18)19-2/h3,5-6,8,12,14H,4,7,9-11H2,1-2H3/b5-3-,8-6-. The van der Waals surface area contributed by atoms with Gasteiger partial charge in [0.2, 0.25) is 0 Å². The molecule has 0 N–H and O–H groups in total. The first-order valence-electron chi connectivity index (χ1n) is 6.59. The second-order valence-electron chi connectivity index (χ2n) is 4.17. The van der Waals surface area contributed by atoms with Gasteiger partial charge in [0.25, 0.3) is 0 Å². The molecule has 0 spiro atoms. The lowest BCUT2D eigenvalue weighted by molar-refractivity contribution is -0.149. The predicted molar refractivity (Wildman–Crippen MR) is 75.0 cm³/mol. The van der Waals surface area contributed by atoms with Crippen LogP contribution in [0, 0.1) is 0 Å². The maximum Gasteiger partial charge on any atom is 0.305 e. The number of carbonyl (C=O) groups is 3. The number of hydrogen-bond donors (Lipinski definition) is 0. The third-order valence-electron chi connectivity index (χ3n) is 2.42. The highest BCUT2D eigenvalue weighted by atomic mass is 16.5. The first-order valence-corrected chi connectivity index (χ1v) is 6.59. The van der Waals surface area contributed by atoms with Crippen LogP contribution in [0.5, 0.6) is 0 Å². The molecule has 20 heavy (non-hydrogen) atoms. The number of aldehydes is 1. The van der Waals surface area contributed by atoms with Crippen LogP contribution in [-0.2, 0) is 23.9 Å². The van der Waals surface area contributed by atoms with Crippen LogP contribution in [-0.4, -0.2) is 31.4 Å². The van der Waals surface area contributed by atoms with E-state index in [1.54, 1.807) is 6.08 Å². The molecule has 0 aliphatic heterocycles. The number of carbonyl (C=O) groups excluding carboxylic acids is 3. The average Bonchev–Trinajstić information content (AvgIpc) is 2.43. The second-order valence-corrected chi connectivity index (χ2v) is 4.17. The third kappa shape index (κ3) is 11.2. The second kappa shape index (κ2) is 12.1. The Morgan fingerprint density at radius 1 is 1.15 bits per heavy atom. The summed E-state index contributed by atoms with van der Waals surface area (Å²) in [5, 5.41) is 0. The van der Waals surface area contributed by atoms with Crippen molar-refractivity contribution in [3.05, 3.63) is 24.3 Å². The number of ether oxygens (including phenoxy) is 2. The summed E-state index contributed by atoms with van der Waals surface area (Å²) in [5.41, 5.74) is 0. The van der Waals surface area contributed by atoms with Gasteiger partial charge in [0.05, 0.1) is 7.11 Å². The summed E-state index contributed by atoms with van der Waals surface area (Å²) in [5.74, 6) is -0.648. The molecule has 0 aliphatic carbocycles. The molecular weight excluding hydrogens is 260 g/mol. The molecule has 0 aromatic heterocycles. The summed E-state index contributed by atoms with van der Waals surface area (Å²) in [6.45, 7) is 1.28. The Morgan fingerprint density at radius 2 is 1.85 bits per heavy atom. The van der Waals surface area contributed by atoms with Gasteiger partial charge in [-0.05, 0) is 19.3 Å². The van der Waals surface area contributed by atoms with E-state index >= 15 is 0 Å². The van der Waals surface area contributed by atoms with E-state index in [1.165, 1.54) is 14.0 Å². The molecule has 0 aromatic rings. The van der Waals surface area contributed by atoms with Gasteiger partial charge in [-0.1, -0.05) is 24.3 Å². The minimum absolute atomic E-state index is 0.191. The van der Waals surface area contributed by atoms with E-state index in [0.29, 0.717) is 19.1 Å². The highest BCUT2D eigenvalue weighted by Crippen LogP contribution is 2.01. The molecule has 0 bridgehead atoms. The average molecular weight is 282 g/mol. The first-order chi connectivity index (χ1) is 9.60. The maximum atomic E-state index is 10.8. The third-order valence-corrected chi connectivity index (χ3v) is 2.42. The Labute approximate surface area is 119 Å². The van der Waals surface area contributed by atoms with Crippen molar-refractivity contribution < 1.29 is 23.9 Å². The first kappa shape index (κ1) is 18.1. The summed E-state index contributed by atoms with van der Waals surface area (Å²) >= 11 is 0. The fraction of sp³-hybridized carbons (Fsp3) is 0.533. The Hall–Kier alpha value is -1.91. The predicted octanol–water partition coefficient (Wildman–Crippen LogP) is 2.35. The number of rotatable bonds is 10. The monoisotopic (exact) mass is 282 g/mol. The van der Waals surface area contributed by atoms with E-state index in [4.69, 9.17) is 4.74 Å². The summed E-state index contributed by atoms with van der Waals surface area (Å²) in [6.07, 6.45) is 10.8. The van der Waals surface area contributed by atoms with E-state index in [1.807, 2.05) is 18.2 Å². The van der Waals surface area contributed by atoms with Gasteiger partial charge in [-0.2, -0.15) is 0 Å². The highest BCUT2D eigenvalue weighted by molar-refractivity contribution is 5.70. The van der Waals surface area contributed by atoms with Crippen LogP contribution in [0.1, 0.15) is 39.0 Å². The van der Waals surface area contributed by atoms with Gasteiger partial charge < -0.3 is 9.47 Å². The summed E-state index contributed by atoms with van der Waals surface area (Å²) < 4.78 is 9.30. The van der Waals surface area contributed by atoms with Crippen molar-refractivity contribution in [1.82, 2.24) is 0 Å². The Balaban J connectivity index is 3.67. The highest BCUT2D eigenvalue weighted by Gasteiger charge is 2.07.